The molecule has 0 fully saturated rings. The highest BCUT2D eigenvalue weighted by molar-refractivity contribution is 6.00. The maximum atomic E-state index is 13.5. The summed E-state index contributed by atoms with van der Waals surface area (Å²) in [5.74, 6) is -0.444. The highest BCUT2D eigenvalue weighted by Crippen LogP contribution is 2.36. The highest BCUT2D eigenvalue weighted by Gasteiger charge is 2.41. The molecule has 2 aromatic heterocycles. The van der Waals surface area contributed by atoms with Crippen LogP contribution < -0.4 is 11.1 Å². The van der Waals surface area contributed by atoms with Gasteiger partial charge in [-0.2, -0.15) is 0 Å². The molecule has 0 spiro atoms. The molecule has 0 bridgehead atoms. The van der Waals surface area contributed by atoms with Crippen molar-refractivity contribution >= 4 is 17.8 Å². The zero-order valence-corrected chi connectivity index (χ0v) is 21.4. The molecule has 1 aromatic carbocycles. The van der Waals surface area contributed by atoms with E-state index in [1.54, 1.807) is 24.7 Å². The van der Waals surface area contributed by atoms with E-state index in [0.29, 0.717) is 30.4 Å². The smallest absolute Gasteiger partial charge is 0.253 e. The molecule has 3 atom stereocenters. The van der Waals surface area contributed by atoms with Crippen LogP contribution in [0, 0.1) is 0 Å². The number of carbonyl (C=O) groups is 2. The van der Waals surface area contributed by atoms with Crippen LogP contribution in [0.15, 0.2) is 66.4 Å². The number of benzene rings is 1. The molecule has 2 amide bonds. The molecule has 0 radical (unpaired) electrons. The second-order valence-electron chi connectivity index (χ2n) is 9.84. The summed E-state index contributed by atoms with van der Waals surface area (Å²) in [6, 6.07) is 8.09. The van der Waals surface area contributed by atoms with E-state index in [4.69, 9.17) is 10.7 Å². The minimum Gasteiger partial charge on any atom is -0.390 e. The molecule has 0 saturated carbocycles. The summed E-state index contributed by atoms with van der Waals surface area (Å²) in [4.78, 5) is 45.6. The summed E-state index contributed by atoms with van der Waals surface area (Å²) >= 11 is 0. The zero-order valence-electron chi connectivity index (χ0n) is 21.4. The Morgan fingerprint density at radius 2 is 1.84 bits per heavy atom. The minimum atomic E-state index is -0.725. The molecular weight excluding hydrogens is 482 g/mol. The highest BCUT2D eigenvalue weighted by atomic mass is 16.3. The lowest BCUT2D eigenvalue weighted by Crippen LogP contribution is -2.52. The minimum absolute atomic E-state index is 0.111. The number of nitrogens with two attached hydrogens (primary N) is 1. The molecule has 5 rings (SSSR count). The first-order chi connectivity index (χ1) is 18.4. The van der Waals surface area contributed by atoms with Crippen LogP contribution in [-0.4, -0.2) is 54.4 Å². The van der Waals surface area contributed by atoms with Crippen LogP contribution in [-0.2, 0) is 11.2 Å². The van der Waals surface area contributed by atoms with Gasteiger partial charge in [0.05, 0.1) is 35.7 Å². The summed E-state index contributed by atoms with van der Waals surface area (Å²) in [5.41, 5.74) is 9.26. The Bertz CT molecular complexity index is 1370. The number of fused-ring (bicyclic) bond motifs is 1. The summed E-state index contributed by atoms with van der Waals surface area (Å²) in [7, 11) is 0. The standard InChI is InChI=1S/C28H31N7O3/c1-3-28(4-2)11-23(37)35(27(29)34-28)25(20-14-31-16-32-15-20)18-9-19(13-30-12-18)26(38)33-24-21-8-6-5-7-17(21)10-22(24)36/h5-9,12-16,22,24-25,36H,3-4,10-11H2,1-2H3,(H2,29,34)(H,33,38)/t22-,24-,25+/m1/s1. The van der Waals surface area contributed by atoms with Crippen molar-refractivity contribution in [1.29, 1.82) is 0 Å². The van der Waals surface area contributed by atoms with Gasteiger partial charge >= 0.3 is 0 Å². The SMILES string of the molecule is CCC1(CC)CC(=O)N([C@H](c2cncnc2)c2cncc(C(=O)N[C@@H]3c4ccccc4C[C@H]3O)c2)C(N)=N1. The van der Waals surface area contributed by atoms with Gasteiger partial charge in [-0.15, -0.1) is 0 Å². The number of aliphatic imine (C=N–C) groups is 1. The molecule has 1 aliphatic heterocycles. The fourth-order valence-corrected chi connectivity index (χ4v) is 5.41. The van der Waals surface area contributed by atoms with Gasteiger partial charge in [-0.05, 0) is 35.6 Å². The number of amides is 2. The van der Waals surface area contributed by atoms with Gasteiger partial charge in [-0.3, -0.25) is 19.5 Å². The molecule has 1 aliphatic carbocycles. The third kappa shape index (κ3) is 4.63. The predicted molar refractivity (Wildman–Crippen MR) is 141 cm³/mol. The molecule has 38 heavy (non-hydrogen) atoms. The van der Waals surface area contributed by atoms with Gasteiger partial charge in [0.1, 0.15) is 6.33 Å². The molecule has 3 aromatic rings. The number of nitrogens with one attached hydrogen (secondary N) is 1. The quantitative estimate of drug-likeness (QED) is 0.440. The van der Waals surface area contributed by atoms with Crippen molar-refractivity contribution in [3.8, 4) is 0 Å². The number of nitrogens with zero attached hydrogens (tertiary/aromatic N) is 5. The van der Waals surface area contributed by atoms with Crippen LogP contribution >= 0.6 is 0 Å². The summed E-state index contributed by atoms with van der Waals surface area (Å²) in [6.07, 6.45) is 9.03. The third-order valence-corrected chi connectivity index (χ3v) is 7.65. The molecule has 0 saturated heterocycles. The van der Waals surface area contributed by atoms with E-state index < -0.39 is 23.7 Å². The van der Waals surface area contributed by atoms with Gasteiger partial charge in [-0.1, -0.05) is 38.1 Å². The first-order valence-electron chi connectivity index (χ1n) is 12.8. The largest absolute Gasteiger partial charge is 0.390 e. The number of aromatic nitrogens is 3. The summed E-state index contributed by atoms with van der Waals surface area (Å²) in [6.45, 7) is 3.99. The maximum absolute atomic E-state index is 13.5. The van der Waals surface area contributed by atoms with Gasteiger partial charge in [0.2, 0.25) is 5.91 Å². The first-order valence-corrected chi connectivity index (χ1v) is 12.8. The Morgan fingerprint density at radius 1 is 1.13 bits per heavy atom. The van der Waals surface area contributed by atoms with Crippen LogP contribution in [0.2, 0.25) is 0 Å². The number of hydrogen-bond donors (Lipinski definition) is 3. The van der Waals surface area contributed by atoms with E-state index in [-0.39, 0.29) is 29.8 Å². The van der Waals surface area contributed by atoms with Crippen LogP contribution in [0.25, 0.3) is 0 Å². The molecule has 10 heteroatoms. The van der Waals surface area contributed by atoms with Gasteiger partial charge < -0.3 is 16.2 Å². The number of rotatable bonds is 7. The van der Waals surface area contributed by atoms with E-state index in [1.165, 1.54) is 17.4 Å². The van der Waals surface area contributed by atoms with Crippen LogP contribution in [0.4, 0.5) is 0 Å². The number of aliphatic hydroxyl groups is 1. The number of pyridine rings is 1. The molecule has 3 heterocycles. The van der Waals surface area contributed by atoms with E-state index in [1.807, 2.05) is 38.1 Å². The molecule has 2 aliphatic rings. The lowest BCUT2D eigenvalue weighted by Gasteiger charge is -2.40. The van der Waals surface area contributed by atoms with Crippen LogP contribution in [0.3, 0.4) is 0 Å². The van der Waals surface area contributed by atoms with Crippen molar-refractivity contribution in [1.82, 2.24) is 25.2 Å². The molecule has 0 unspecified atom stereocenters. The van der Waals surface area contributed by atoms with E-state index in [2.05, 4.69) is 20.3 Å². The van der Waals surface area contributed by atoms with Crippen molar-refractivity contribution in [3.63, 3.8) is 0 Å². The van der Waals surface area contributed by atoms with Crippen molar-refractivity contribution in [2.75, 3.05) is 0 Å². The van der Waals surface area contributed by atoms with Crippen LogP contribution in [0.5, 0.6) is 0 Å². The van der Waals surface area contributed by atoms with Gasteiger partial charge in [-0.25, -0.2) is 15.0 Å². The van der Waals surface area contributed by atoms with Crippen LogP contribution in [0.1, 0.15) is 77.8 Å². The number of hydrogen-bond acceptors (Lipinski definition) is 8. The third-order valence-electron chi connectivity index (χ3n) is 7.65. The van der Waals surface area contributed by atoms with Crippen molar-refractivity contribution in [2.24, 2.45) is 10.7 Å². The van der Waals surface area contributed by atoms with Gasteiger partial charge in [0.25, 0.3) is 5.91 Å². The normalized spacial score (nSPS) is 21.0. The fourth-order valence-electron chi connectivity index (χ4n) is 5.41. The van der Waals surface area contributed by atoms with Crippen molar-refractivity contribution < 1.29 is 14.7 Å². The number of aliphatic hydroxyl groups excluding tert-OH is 1. The lowest BCUT2D eigenvalue weighted by molar-refractivity contribution is -0.131. The molecular formula is C28H31N7O3. The van der Waals surface area contributed by atoms with E-state index in [0.717, 1.165) is 11.1 Å². The Morgan fingerprint density at radius 3 is 2.55 bits per heavy atom. The van der Waals surface area contributed by atoms with Crippen molar-refractivity contribution in [2.45, 2.75) is 63.3 Å². The second-order valence-corrected chi connectivity index (χ2v) is 9.84. The Labute approximate surface area is 221 Å². The summed E-state index contributed by atoms with van der Waals surface area (Å²) in [5, 5.41) is 13.5. The number of guanidine groups is 1. The van der Waals surface area contributed by atoms with E-state index in [9.17, 15) is 14.7 Å². The number of carbonyl (C=O) groups excluding carboxylic acids is 2. The van der Waals surface area contributed by atoms with E-state index >= 15 is 0 Å². The zero-order chi connectivity index (χ0) is 26.9. The second kappa shape index (κ2) is 10.3. The Balaban J connectivity index is 1.50. The Kier molecular flexibility index (Phi) is 6.90. The average molecular weight is 514 g/mol. The van der Waals surface area contributed by atoms with Crippen molar-refractivity contribution in [3.05, 3.63) is 89.3 Å². The fraction of sp³-hybridized carbons (Fsp3) is 0.357. The molecule has 196 valence electrons. The monoisotopic (exact) mass is 513 g/mol. The van der Waals surface area contributed by atoms with Gasteiger partial charge in [0, 0.05) is 36.8 Å². The average Bonchev–Trinajstić information content (AvgIpc) is 3.25. The topological polar surface area (TPSA) is 147 Å². The Hall–Kier alpha value is -4.18. The van der Waals surface area contributed by atoms with Gasteiger partial charge in [0.15, 0.2) is 5.96 Å². The predicted octanol–water partition coefficient (Wildman–Crippen LogP) is 2.45. The molecule has 10 nitrogen and oxygen atoms in total. The lowest BCUT2D eigenvalue weighted by atomic mass is 9.87. The first kappa shape index (κ1) is 25.5. The molecule has 4 N–H and O–H groups in total. The summed E-state index contributed by atoms with van der Waals surface area (Å²) < 4.78 is 0. The maximum Gasteiger partial charge on any atom is 0.253 e.